The summed E-state index contributed by atoms with van der Waals surface area (Å²) < 4.78 is 24.4. The van der Waals surface area contributed by atoms with Gasteiger partial charge in [-0.15, -0.1) is 0 Å². The highest BCUT2D eigenvalue weighted by molar-refractivity contribution is 7.92. The average molecular weight is 299 g/mol. The van der Waals surface area contributed by atoms with E-state index in [1.54, 1.807) is 25.1 Å². The molecule has 0 aliphatic carbocycles. The van der Waals surface area contributed by atoms with Gasteiger partial charge in [0.15, 0.2) is 14.9 Å². The minimum absolute atomic E-state index is 0.00271. The van der Waals surface area contributed by atoms with Crippen LogP contribution < -0.4 is 11.2 Å². The number of benzene rings is 1. The van der Waals surface area contributed by atoms with Gasteiger partial charge in [0, 0.05) is 0 Å². The number of nitrogens with one attached hydrogen (secondary N) is 1. The maximum Gasteiger partial charge on any atom is 0.184 e. The number of sulfone groups is 1. The molecule has 1 aromatic carbocycles. The average Bonchev–Trinajstić information content (AvgIpc) is 2.29. The lowest BCUT2D eigenvalue weighted by atomic mass is 10.1. The van der Waals surface area contributed by atoms with Crippen molar-refractivity contribution in [2.45, 2.75) is 25.7 Å². The van der Waals surface area contributed by atoms with Crippen LogP contribution in [-0.2, 0) is 9.84 Å². The van der Waals surface area contributed by atoms with Crippen LogP contribution in [0.3, 0.4) is 0 Å². The maximum atomic E-state index is 12.2. The molecule has 3 N–H and O–H groups in total. The van der Waals surface area contributed by atoms with Gasteiger partial charge in [-0.1, -0.05) is 6.07 Å². The van der Waals surface area contributed by atoms with E-state index in [9.17, 15) is 8.42 Å². The predicted molar refractivity (Wildman–Crippen MR) is 81.0 cm³/mol. The molecule has 0 bridgehead atoms. The molecule has 0 unspecified atom stereocenters. The summed E-state index contributed by atoms with van der Waals surface area (Å²) in [4.78, 5) is 0.292. The van der Waals surface area contributed by atoms with E-state index in [1.807, 2.05) is 13.8 Å². The lowest BCUT2D eigenvalue weighted by Gasteiger charge is -2.07. The number of hydrazone groups is 1. The molecule has 0 atom stereocenters. The van der Waals surface area contributed by atoms with Gasteiger partial charge < -0.3 is 5.73 Å². The molecule has 19 heavy (non-hydrogen) atoms. The molecule has 0 saturated carbocycles. The van der Waals surface area contributed by atoms with Gasteiger partial charge in [0.25, 0.3) is 0 Å². The normalized spacial score (nSPS) is 12.3. The zero-order chi connectivity index (χ0) is 14.6. The molecule has 0 aliphatic rings. The second-order valence-corrected chi connectivity index (χ2v) is 6.76. The van der Waals surface area contributed by atoms with Crippen molar-refractivity contribution in [3.63, 3.8) is 0 Å². The van der Waals surface area contributed by atoms with Crippen molar-refractivity contribution >= 4 is 32.9 Å². The van der Waals surface area contributed by atoms with E-state index < -0.39 is 9.84 Å². The van der Waals surface area contributed by atoms with Crippen molar-refractivity contribution in [1.29, 1.82) is 0 Å². The first-order valence-electron chi connectivity index (χ1n) is 5.61. The highest BCUT2D eigenvalue weighted by atomic mass is 32.2. The Balaban J connectivity index is 2.95. The monoisotopic (exact) mass is 299 g/mol. The largest absolute Gasteiger partial charge is 0.375 e. The molecule has 0 radical (unpaired) electrons. The van der Waals surface area contributed by atoms with E-state index >= 15 is 0 Å². The molecule has 104 valence electrons. The molecule has 0 amide bonds. The Kier molecular flexibility index (Phi) is 5.02. The first-order valence-corrected chi connectivity index (χ1v) is 7.67. The van der Waals surface area contributed by atoms with Gasteiger partial charge in [-0.05, 0) is 56.2 Å². The van der Waals surface area contributed by atoms with Gasteiger partial charge in [0.05, 0.1) is 16.4 Å². The third-order valence-electron chi connectivity index (χ3n) is 2.59. The van der Waals surface area contributed by atoms with Crippen LogP contribution in [0.5, 0.6) is 0 Å². The predicted octanol–water partition coefficient (Wildman–Crippen LogP) is 1.29. The van der Waals surface area contributed by atoms with Gasteiger partial charge in [0.2, 0.25) is 0 Å². The Morgan fingerprint density at radius 3 is 2.53 bits per heavy atom. The van der Waals surface area contributed by atoms with Gasteiger partial charge in [-0.25, -0.2) is 8.42 Å². The van der Waals surface area contributed by atoms with Gasteiger partial charge in [-0.3, -0.25) is 5.43 Å². The highest BCUT2D eigenvalue weighted by Gasteiger charge is 2.16. The lowest BCUT2D eigenvalue weighted by Crippen LogP contribution is -2.26. The van der Waals surface area contributed by atoms with Crippen LogP contribution in [0.2, 0.25) is 0 Å². The van der Waals surface area contributed by atoms with Gasteiger partial charge >= 0.3 is 0 Å². The Labute approximate surface area is 118 Å². The fourth-order valence-corrected chi connectivity index (χ4v) is 2.91. The summed E-state index contributed by atoms with van der Waals surface area (Å²) in [6, 6.07) is 5.06. The maximum absolute atomic E-state index is 12.2. The smallest absolute Gasteiger partial charge is 0.184 e. The summed E-state index contributed by atoms with van der Waals surface area (Å²) in [6.07, 6.45) is 0. The topological polar surface area (TPSA) is 84.5 Å². The molecule has 0 spiro atoms. The number of rotatable bonds is 4. The molecule has 0 heterocycles. The Hall–Kier alpha value is -1.47. The second-order valence-electron chi connectivity index (χ2n) is 4.33. The molecular weight excluding hydrogens is 282 g/mol. The third kappa shape index (κ3) is 4.60. The molecule has 0 aliphatic heterocycles. The van der Waals surface area contributed by atoms with Gasteiger partial charge in [0.1, 0.15) is 0 Å². The van der Waals surface area contributed by atoms with Crippen LogP contribution in [0.15, 0.2) is 28.2 Å². The van der Waals surface area contributed by atoms with Crippen LogP contribution in [0, 0.1) is 13.8 Å². The summed E-state index contributed by atoms with van der Waals surface area (Å²) in [5.74, 6) is -0.175. The number of nitrogens with two attached hydrogens (primary N) is 1. The fraction of sp³-hybridized carbons (Fsp3) is 0.333. The molecule has 1 aromatic rings. The number of nitrogens with zero attached hydrogens (tertiary/aromatic N) is 1. The first kappa shape index (κ1) is 15.6. The standard InChI is InChI=1S/C12H17N3O2S2/c1-8-4-5-11(6-9(8)2)19(16,17)7-10(3)14-15-12(13)18/h4-6H,7H2,1-3H3,(H3,13,15,18)/b14-10-. The number of hydrogen-bond donors (Lipinski definition) is 2. The Bertz CT molecular complexity index is 622. The summed E-state index contributed by atoms with van der Waals surface area (Å²) in [7, 11) is -3.40. The first-order chi connectivity index (χ1) is 8.72. The quantitative estimate of drug-likeness (QED) is 0.497. The van der Waals surface area contributed by atoms with E-state index in [4.69, 9.17) is 5.73 Å². The number of thiocarbonyl (C=S) groups is 1. The van der Waals surface area contributed by atoms with Crippen LogP contribution in [0.4, 0.5) is 0 Å². The molecular formula is C12H17N3O2S2. The minimum atomic E-state index is -3.40. The van der Waals surface area contributed by atoms with Crippen molar-refractivity contribution < 1.29 is 8.42 Å². The lowest BCUT2D eigenvalue weighted by molar-refractivity contribution is 0.599. The molecule has 0 fully saturated rings. The second kappa shape index (κ2) is 6.12. The highest BCUT2D eigenvalue weighted by Crippen LogP contribution is 2.16. The molecule has 0 saturated heterocycles. The van der Waals surface area contributed by atoms with E-state index in [-0.39, 0.29) is 10.9 Å². The van der Waals surface area contributed by atoms with Crippen LogP contribution in [0.1, 0.15) is 18.1 Å². The summed E-state index contributed by atoms with van der Waals surface area (Å²) in [5.41, 5.74) is 9.98. The van der Waals surface area contributed by atoms with Crippen LogP contribution in [0.25, 0.3) is 0 Å². The summed E-state index contributed by atoms with van der Waals surface area (Å²) in [6.45, 7) is 5.41. The van der Waals surface area contributed by atoms with E-state index in [0.717, 1.165) is 11.1 Å². The van der Waals surface area contributed by atoms with Crippen molar-refractivity contribution in [3.05, 3.63) is 29.3 Å². The minimum Gasteiger partial charge on any atom is -0.375 e. The third-order valence-corrected chi connectivity index (χ3v) is 4.45. The zero-order valence-corrected chi connectivity index (χ0v) is 12.7. The molecule has 0 aromatic heterocycles. The van der Waals surface area contributed by atoms with Crippen LogP contribution in [-0.4, -0.2) is 25.0 Å². The van der Waals surface area contributed by atoms with Crippen molar-refractivity contribution in [2.24, 2.45) is 10.8 Å². The van der Waals surface area contributed by atoms with Crippen molar-refractivity contribution in [2.75, 3.05) is 5.75 Å². The van der Waals surface area contributed by atoms with Gasteiger partial charge in [-0.2, -0.15) is 5.10 Å². The molecule has 5 nitrogen and oxygen atoms in total. The summed E-state index contributed by atoms with van der Waals surface area (Å²) in [5, 5.41) is 3.80. The Morgan fingerprint density at radius 2 is 2.00 bits per heavy atom. The fourth-order valence-electron chi connectivity index (χ4n) is 1.45. The zero-order valence-electron chi connectivity index (χ0n) is 11.1. The van der Waals surface area contributed by atoms with E-state index in [0.29, 0.717) is 10.6 Å². The Morgan fingerprint density at radius 1 is 1.37 bits per heavy atom. The van der Waals surface area contributed by atoms with Crippen molar-refractivity contribution in [3.8, 4) is 0 Å². The number of aryl methyl sites for hydroxylation is 2. The summed E-state index contributed by atoms with van der Waals surface area (Å²) >= 11 is 4.59. The van der Waals surface area contributed by atoms with E-state index in [1.165, 1.54) is 0 Å². The van der Waals surface area contributed by atoms with Crippen molar-refractivity contribution in [1.82, 2.24) is 5.43 Å². The molecule has 1 rings (SSSR count). The molecule has 7 heteroatoms. The number of hydrogen-bond acceptors (Lipinski definition) is 4. The van der Waals surface area contributed by atoms with Crippen LogP contribution >= 0.6 is 12.2 Å². The SMILES string of the molecule is C/C(CS(=O)(=O)c1ccc(C)c(C)c1)=N/NC(N)=S. The van der Waals surface area contributed by atoms with E-state index in [2.05, 4.69) is 22.7 Å².